The number of nitrogens with zero attached hydrogens (tertiary/aromatic N) is 4. The molecule has 0 fully saturated rings. The van der Waals surface area contributed by atoms with E-state index in [9.17, 15) is 0 Å². The zero-order valence-electron chi connectivity index (χ0n) is 30.0. The Morgan fingerprint density at radius 1 is 0.339 bits per heavy atom. The van der Waals surface area contributed by atoms with Crippen molar-refractivity contribution < 1.29 is 4.42 Å². The molecule has 0 unspecified atom stereocenters. The topological polar surface area (TPSA) is 56.7 Å². The molecule has 0 amide bonds. The lowest BCUT2D eigenvalue weighted by atomic mass is 9.93. The molecule has 0 saturated heterocycles. The Bertz CT molecular complexity index is 3530. The molecular weight excluding hydrogens is 685 g/mol. The summed E-state index contributed by atoms with van der Waals surface area (Å²) in [6, 6.07) is 63.8. The molecule has 0 N–H and O–H groups in total. The summed E-state index contributed by atoms with van der Waals surface area (Å²) >= 11 is 0. The second-order valence-electron chi connectivity index (χ2n) is 14.3. The van der Waals surface area contributed by atoms with Crippen molar-refractivity contribution in [2.75, 3.05) is 0 Å². The highest BCUT2D eigenvalue weighted by molar-refractivity contribution is 6.36. The number of furan rings is 1. The zero-order chi connectivity index (χ0) is 36.7. The second-order valence-corrected chi connectivity index (χ2v) is 14.3. The Labute approximate surface area is 320 Å². The number of aromatic nitrogens is 4. The van der Waals surface area contributed by atoms with Crippen LogP contribution >= 0.6 is 0 Å². The van der Waals surface area contributed by atoms with Gasteiger partial charge in [0.2, 0.25) is 5.95 Å². The lowest BCUT2D eigenvalue weighted by Crippen LogP contribution is -2.06. The van der Waals surface area contributed by atoms with Crippen LogP contribution in [0.3, 0.4) is 0 Å². The lowest BCUT2D eigenvalue weighted by molar-refractivity contribution is 0.669. The second kappa shape index (κ2) is 11.9. The van der Waals surface area contributed by atoms with Crippen LogP contribution in [0.1, 0.15) is 0 Å². The van der Waals surface area contributed by atoms with Gasteiger partial charge in [-0.2, -0.15) is 9.97 Å². The van der Waals surface area contributed by atoms with Crippen molar-refractivity contribution in [3.63, 3.8) is 0 Å². The van der Waals surface area contributed by atoms with E-state index in [0.717, 1.165) is 49.5 Å². The summed E-state index contributed by atoms with van der Waals surface area (Å²) in [6.07, 6.45) is 0. The fraction of sp³-hybridized carbons (Fsp3) is 0. The highest BCUT2D eigenvalue weighted by atomic mass is 16.3. The van der Waals surface area contributed by atoms with Gasteiger partial charge in [-0.1, -0.05) is 164 Å². The van der Waals surface area contributed by atoms with Gasteiger partial charge in [0.05, 0.1) is 11.0 Å². The number of hydrogen-bond acceptors (Lipinski definition) is 4. The smallest absolute Gasteiger partial charge is 0.238 e. The Hall–Kier alpha value is -7.63. The molecule has 56 heavy (non-hydrogen) atoms. The predicted molar refractivity (Wildman–Crippen MR) is 230 cm³/mol. The van der Waals surface area contributed by atoms with Gasteiger partial charge in [0.15, 0.2) is 11.6 Å². The van der Waals surface area contributed by atoms with Gasteiger partial charge in [-0.3, -0.25) is 4.57 Å². The SMILES string of the molecule is c1ccc(-c2nc(-c3cccc4oc5ccccc5c34)nc(-n3c4ccc5c(-c6ccccc6)cccc5c4c4c5ccccc5c5ccccc5c43)n2)cc1. The van der Waals surface area contributed by atoms with E-state index in [1.54, 1.807) is 0 Å². The van der Waals surface area contributed by atoms with Crippen LogP contribution in [0.2, 0.25) is 0 Å². The van der Waals surface area contributed by atoms with Gasteiger partial charge < -0.3 is 4.42 Å². The fourth-order valence-electron chi connectivity index (χ4n) is 8.86. The molecule has 0 spiro atoms. The Balaban J connectivity index is 1.27. The van der Waals surface area contributed by atoms with Crippen molar-refractivity contribution in [2.45, 2.75) is 0 Å². The van der Waals surface area contributed by atoms with Crippen LogP contribution in [0.15, 0.2) is 186 Å². The first-order chi connectivity index (χ1) is 27.8. The van der Waals surface area contributed by atoms with Gasteiger partial charge in [-0.05, 0) is 56.3 Å². The van der Waals surface area contributed by atoms with E-state index in [0.29, 0.717) is 17.6 Å². The molecule has 12 rings (SSSR count). The summed E-state index contributed by atoms with van der Waals surface area (Å²) in [5.74, 6) is 1.73. The van der Waals surface area contributed by atoms with Crippen LogP contribution in [0.25, 0.3) is 116 Å². The van der Waals surface area contributed by atoms with Gasteiger partial charge in [0, 0.05) is 38.1 Å². The van der Waals surface area contributed by atoms with Crippen molar-refractivity contribution in [2.24, 2.45) is 0 Å². The molecule has 0 aliphatic carbocycles. The molecule has 0 aliphatic rings. The molecule has 3 aromatic heterocycles. The van der Waals surface area contributed by atoms with Crippen LogP contribution in [-0.2, 0) is 0 Å². The predicted octanol–water partition coefficient (Wildman–Crippen LogP) is 13.3. The first-order valence-electron chi connectivity index (χ1n) is 18.9. The van der Waals surface area contributed by atoms with Crippen LogP contribution in [0.4, 0.5) is 0 Å². The summed E-state index contributed by atoms with van der Waals surface area (Å²) in [5.41, 5.74) is 7.91. The van der Waals surface area contributed by atoms with Crippen LogP contribution in [0.5, 0.6) is 0 Å². The monoisotopic (exact) mass is 714 g/mol. The number of hydrogen-bond donors (Lipinski definition) is 0. The summed E-state index contributed by atoms with van der Waals surface area (Å²) in [6.45, 7) is 0. The molecule has 260 valence electrons. The largest absolute Gasteiger partial charge is 0.456 e. The quantitative estimate of drug-likeness (QED) is 0.170. The molecule has 5 heteroatoms. The molecule has 0 saturated carbocycles. The maximum Gasteiger partial charge on any atom is 0.238 e. The number of para-hydroxylation sites is 1. The van der Waals surface area contributed by atoms with Crippen LogP contribution < -0.4 is 0 Å². The Morgan fingerprint density at radius 3 is 1.71 bits per heavy atom. The van der Waals surface area contributed by atoms with Gasteiger partial charge in [-0.15, -0.1) is 0 Å². The first kappa shape index (κ1) is 30.8. The minimum Gasteiger partial charge on any atom is -0.456 e. The minimum atomic E-state index is 0.553. The highest BCUT2D eigenvalue weighted by Crippen LogP contribution is 2.46. The van der Waals surface area contributed by atoms with Gasteiger partial charge in [-0.25, -0.2) is 4.98 Å². The molecule has 9 aromatic carbocycles. The Kier molecular flexibility index (Phi) is 6.56. The maximum atomic E-state index is 6.34. The van der Waals surface area contributed by atoms with Crippen LogP contribution in [-0.4, -0.2) is 19.5 Å². The van der Waals surface area contributed by atoms with Gasteiger partial charge >= 0.3 is 0 Å². The Morgan fingerprint density at radius 2 is 0.911 bits per heavy atom. The highest BCUT2D eigenvalue weighted by Gasteiger charge is 2.24. The standard InChI is InChI=1S/C51H30N4O/c1-3-15-31(16-4-1)33-24-13-25-37-36(33)29-30-42-46(37)47-38-21-9-7-19-34(38)35-20-8-10-22-39(35)48(47)55(42)51-53-49(32-17-5-2-6-18-32)52-50(54-51)41-26-14-28-44-45(41)40-23-11-12-27-43(40)56-44/h1-30H. The molecular formula is C51H30N4O. The maximum absolute atomic E-state index is 6.34. The van der Waals surface area contributed by atoms with E-state index in [-0.39, 0.29) is 0 Å². The average Bonchev–Trinajstić information content (AvgIpc) is 3.84. The molecule has 3 heterocycles. The van der Waals surface area contributed by atoms with E-state index in [2.05, 4.69) is 138 Å². The third-order valence-electron chi connectivity index (χ3n) is 11.2. The van der Waals surface area contributed by atoms with Crippen molar-refractivity contribution in [1.82, 2.24) is 19.5 Å². The van der Waals surface area contributed by atoms with E-state index in [1.165, 1.54) is 48.8 Å². The fourth-order valence-corrected chi connectivity index (χ4v) is 8.86. The van der Waals surface area contributed by atoms with Crippen LogP contribution in [0, 0.1) is 0 Å². The molecule has 5 nitrogen and oxygen atoms in total. The van der Waals surface area contributed by atoms with Gasteiger partial charge in [0.1, 0.15) is 11.2 Å². The van der Waals surface area contributed by atoms with Crippen molar-refractivity contribution in [1.29, 1.82) is 0 Å². The third kappa shape index (κ3) is 4.46. The molecule has 12 aromatic rings. The van der Waals surface area contributed by atoms with Crippen molar-refractivity contribution in [3.05, 3.63) is 182 Å². The summed E-state index contributed by atoms with van der Waals surface area (Å²) in [7, 11) is 0. The van der Waals surface area contributed by atoms with E-state index in [4.69, 9.17) is 19.4 Å². The normalized spacial score (nSPS) is 11.9. The minimum absolute atomic E-state index is 0.553. The number of fused-ring (bicyclic) bond motifs is 13. The van der Waals surface area contributed by atoms with Gasteiger partial charge in [0.25, 0.3) is 0 Å². The lowest BCUT2D eigenvalue weighted by Gasteiger charge is -2.13. The molecule has 0 radical (unpaired) electrons. The first-order valence-corrected chi connectivity index (χ1v) is 18.9. The van der Waals surface area contributed by atoms with E-state index in [1.807, 2.05) is 48.5 Å². The molecule has 0 bridgehead atoms. The number of benzene rings is 9. The molecule has 0 aliphatic heterocycles. The summed E-state index contributed by atoms with van der Waals surface area (Å²) in [4.78, 5) is 16.0. The number of rotatable bonds is 4. The average molecular weight is 715 g/mol. The van der Waals surface area contributed by atoms with Crippen molar-refractivity contribution >= 4 is 76.1 Å². The molecule has 0 atom stereocenters. The van der Waals surface area contributed by atoms with Crippen molar-refractivity contribution in [3.8, 4) is 39.9 Å². The van der Waals surface area contributed by atoms with E-state index >= 15 is 0 Å². The third-order valence-corrected chi connectivity index (χ3v) is 11.2. The summed E-state index contributed by atoms with van der Waals surface area (Å²) < 4.78 is 8.62. The van der Waals surface area contributed by atoms with E-state index < -0.39 is 0 Å². The zero-order valence-corrected chi connectivity index (χ0v) is 30.0. The summed E-state index contributed by atoms with van der Waals surface area (Å²) in [5, 5.41) is 11.5.